The largest absolute Gasteiger partial charge is 0.489 e. The second-order valence-corrected chi connectivity index (χ2v) is 5.37. The predicted octanol–water partition coefficient (Wildman–Crippen LogP) is 2.40. The molecule has 0 saturated carbocycles. The molecule has 118 valence electrons. The lowest BCUT2D eigenvalue weighted by molar-refractivity contribution is 0.0808. The van der Waals surface area contributed by atoms with E-state index in [1.807, 2.05) is 27.7 Å². The highest BCUT2D eigenvalue weighted by Crippen LogP contribution is 2.17. The van der Waals surface area contributed by atoms with Crippen LogP contribution in [0.2, 0.25) is 0 Å². The Morgan fingerprint density at radius 2 is 2.05 bits per heavy atom. The highest BCUT2D eigenvalue weighted by atomic mass is 16.5. The summed E-state index contributed by atoms with van der Waals surface area (Å²) in [7, 11) is 0. The number of nitrogens with zero attached hydrogens (tertiary/aromatic N) is 1. The number of hydrogen-bond acceptors (Lipinski definition) is 4. The number of carbonyl (C=O) groups is 1. The van der Waals surface area contributed by atoms with Gasteiger partial charge in [-0.3, -0.25) is 4.79 Å². The van der Waals surface area contributed by atoms with Crippen molar-refractivity contribution in [2.24, 2.45) is 5.92 Å². The molecule has 0 spiro atoms. The first kappa shape index (κ1) is 17.4. The fraction of sp³-hybridized carbons (Fsp3) is 0.625. The summed E-state index contributed by atoms with van der Waals surface area (Å²) < 4.78 is 5.58. The number of hydrogen-bond donors (Lipinski definition) is 2. The van der Waals surface area contributed by atoms with Gasteiger partial charge in [0.1, 0.15) is 0 Å². The Labute approximate surface area is 126 Å². The Balaban J connectivity index is 2.68. The normalized spacial score (nSPS) is 12.5. The summed E-state index contributed by atoms with van der Waals surface area (Å²) in [5.74, 6) is 0.332. The summed E-state index contributed by atoms with van der Waals surface area (Å²) in [5, 5.41) is 12.8. The molecule has 1 unspecified atom stereocenters. The second kappa shape index (κ2) is 8.62. The van der Waals surface area contributed by atoms with Gasteiger partial charge in [-0.05, 0) is 31.9 Å². The molecule has 0 fully saturated rings. The maximum absolute atomic E-state index is 12.2. The predicted molar refractivity (Wildman–Crippen MR) is 82.4 cm³/mol. The molecule has 1 aromatic heterocycles. The van der Waals surface area contributed by atoms with Gasteiger partial charge >= 0.3 is 0 Å². The average molecular weight is 294 g/mol. The van der Waals surface area contributed by atoms with Crippen LogP contribution in [-0.4, -0.2) is 34.8 Å². The van der Waals surface area contributed by atoms with Gasteiger partial charge in [-0.15, -0.1) is 0 Å². The molecule has 5 heteroatoms. The summed E-state index contributed by atoms with van der Waals surface area (Å²) in [6.45, 7) is 8.08. The minimum atomic E-state index is -0.540. The zero-order chi connectivity index (χ0) is 15.8. The number of aromatic nitrogens is 1. The number of amides is 1. The van der Waals surface area contributed by atoms with E-state index >= 15 is 0 Å². The van der Waals surface area contributed by atoms with Crippen molar-refractivity contribution < 1.29 is 14.6 Å². The first-order chi connectivity index (χ1) is 9.99. The number of ether oxygens (including phenoxy) is 1. The van der Waals surface area contributed by atoms with Crippen molar-refractivity contribution in [2.75, 3.05) is 6.54 Å². The van der Waals surface area contributed by atoms with Crippen LogP contribution in [0, 0.1) is 5.92 Å². The molecule has 1 rings (SSSR count). The van der Waals surface area contributed by atoms with Crippen LogP contribution in [0.5, 0.6) is 5.75 Å². The maximum Gasteiger partial charge on any atom is 0.273 e. The van der Waals surface area contributed by atoms with Crippen molar-refractivity contribution in [1.82, 2.24) is 10.3 Å². The number of pyridine rings is 1. The van der Waals surface area contributed by atoms with Crippen LogP contribution in [0.1, 0.15) is 51.0 Å². The fourth-order valence-corrected chi connectivity index (χ4v) is 2.19. The van der Waals surface area contributed by atoms with Crippen molar-refractivity contribution in [3.8, 4) is 5.75 Å². The summed E-state index contributed by atoms with van der Waals surface area (Å²) in [5.41, 5.74) is 0.253. The molecule has 1 heterocycles. The van der Waals surface area contributed by atoms with E-state index in [0.29, 0.717) is 5.75 Å². The van der Waals surface area contributed by atoms with Gasteiger partial charge in [0.25, 0.3) is 5.91 Å². The van der Waals surface area contributed by atoms with Gasteiger partial charge in [0.15, 0.2) is 11.4 Å². The molecule has 5 nitrogen and oxygen atoms in total. The monoisotopic (exact) mass is 294 g/mol. The molecule has 0 aliphatic heterocycles. The van der Waals surface area contributed by atoms with E-state index in [1.54, 1.807) is 18.3 Å². The first-order valence-electron chi connectivity index (χ1n) is 7.57. The second-order valence-electron chi connectivity index (χ2n) is 5.37. The van der Waals surface area contributed by atoms with Crippen LogP contribution in [0.3, 0.4) is 0 Å². The van der Waals surface area contributed by atoms with Crippen molar-refractivity contribution in [3.63, 3.8) is 0 Å². The Bertz CT molecular complexity index is 445. The zero-order valence-electron chi connectivity index (χ0n) is 13.3. The maximum atomic E-state index is 12.2. The Morgan fingerprint density at radius 1 is 1.38 bits per heavy atom. The summed E-state index contributed by atoms with van der Waals surface area (Å²) in [6.07, 6.45) is 2.76. The van der Waals surface area contributed by atoms with Gasteiger partial charge < -0.3 is 15.2 Å². The number of rotatable bonds is 8. The van der Waals surface area contributed by atoms with Crippen LogP contribution in [-0.2, 0) is 0 Å². The molecule has 0 aliphatic carbocycles. The van der Waals surface area contributed by atoms with E-state index in [9.17, 15) is 9.90 Å². The van der Waals surface area contributed by atoms with Crippen LogP contribution < -0.4 is 10.1 Å². The van der Waals surface area contributed by atoms with E-state index in [0.717, 1.165) is 12.8 Å². The average Bonchev–Trinajstić information content (AvgIpc) is 2.46. The van der Waals surface area contributed by atoms with Gasteiger partial charge in [-0.25, -0.2) is 4.98 Å². The molecule has 2 N–H and O–H groups in total. The molecule has 0 aromatic carbocycles. The molecule has 0 saturated heterocycles. The van der Waals surface area contributed by atoms with Crippen LogP contribution in [0.4, 0.5) is 0 Å². The van der Waals surface area contributed by atoms with Crippen molar-refractivity contribution in [2.45, 2.75) is 52.7 Å². The van der Waals surface area contributed by atoms with E-state index in [-0.39, 0.29) is 30.2 Å². The number of aliphatic hydroxyl groups excluding tert-OH is 1. The lowest BCUT2D eigenvalue weighted by Gasteiger charge is -2.20. The molecule has 0 bridgehead atoms. The van der Waals surface area contributed by atoms with Crippen molar-refractivity contribution >= 4 is 5.91 Å². The van der Waals surface area contributed by atoms with Crippen LogP contribution in [0.15, 0.2) is 18.3 Å². The molecule has 1 atom stereocenters. The van der Waals surface area contributed by atoms with Gasteiger partial charge in [0, 0.05) is 12.7 Å². The Hall–Kier alpha value is -1.62. The van der Waals surface area contributed by atoms with E-state index < -0.39 is 6.10 Å². The van der Waals surface area contributed by atoms with Crippen molar-refractivity contribution in [3.05, 3.63) is 24.0 Å². The quantitative estimate of drug-likeness (QED) is 0.772. The summed E-state index contributed by atoms with van der Waals surface area (Å²) >= 11 is 0. The molecule has 0 radical (unpaired) electrons. The third-order valence-corrected chi connectivity index (χ3v) is 3.41. The minimum absolute atomic E-state index is 0.0316. The van der Waals surface area contributed by atoms with Crippen LogP contribution >= 0.6 is 0 Å². The van der Waals surface area contributed by atoms with E-state index in [4.69, 9.17) is 4.74 Å². The van der Waals surface area contributed by atoms with Gasteiger partial charge in [0.2, 0.25) is 0 Å². The Morgan fingerprint density at radius 3 is 2.62 bits per heavy atom. The lowest BCUT2D eigenvalue weighted by Crippen LogP contribution is -2.36. The van der Waals surface area contributed by atoms with Crippen molar-refractivity contribution in [1.29, 1.82) is 0 Å². The third kappa shape index (κ3) is 5.34. The lowest BCUT2D eigenvalue weighted by atomic mass is 9.96. The Kier molecular flexibility index (Phi) is 7.15. The number of aliphatic hydroxyl groups is 1. The summed E-state index contributed by atoms with van der Waals surface area (Å²) in [4.78, 5) is 16.3. The molecule has 1 amide bonds. The molecule has 0 aliphatic rings. The zero-order valence-corrected chi connectivity index (χ0v) is 13.3. The smallest absolute Gasteiger partial charge is 0.273 e. The molecule has 1 aromatic rings. The van der Waals surface area contributed by atoms with Gasteiger partial charge in [0.05, 0.1) is 12.2 Å². The van der Waals surface area contributed by atoms with E-state index in [1.165, 1.54) is 0 Å². The highest BCUT2D eigenvalue weighted by Gasteiger charge is 2.19. The number of carbonyl (C=O) groups excluding carboxylic acids is 1. The standard InChI is InChI=1S/C16H26N2O3/c1-5-12(6-2)13(19)10-18-16(20)15-14(21-11(3)4)8-7-9-17-15/h7-9,11-13,19H,5-6,10H2,1-4H3,(H,18,20). The SMILES string of the molecule is CCC(CC)C(O)CNC(=O)c1ncccc1OC(C)C. The molecular weight excluding hydrogens is 268 g/mol. The third-order valence-electron chi connectivity index (χ3n) is 3.41. The van der Waals surface area contributed by atoms with Gasteiger partial charge in [-0.1, -0.05) is 26.7 Å². The van der Waals surface area contributed by atoms with E-state index in [2.05, 4.69) is 10.3 Å². The number of nitrogens with one attached hydrogen (secondary N) is 1. The summed E-state index contributed by atoms with van der Waals surface area (Å²) in [6, 6.07) is 3.45. The van der Waals surface area contributed by atoms with Gasteiger partial charge in [-0.2, -0.15) is 0 Å². The molecule has 21 heavy (non-hydrogen) atoms. The topological polar surface area (TPSA) is 71.5 Å². The first-order valence-corrected chi connectivity index (χ1v) is 7.57. The minimum Gasteiger partial charge on any atom is -0.489 e. The van der Waals surface area contributed by atoms with Crippen LogP contribution in [0.25, 0.3) is 0 Å². The molecular formula is C16H26N2O3. The highest BCUT2D eigenvalue weighted by molar-refractivity contribution is 5.94. The fourth-order valence-electron chi connectivity index (χ4n) is 2.19.